The summed E-state index contributed by atoms with van der Waals surface area (Å²) in [6.07, 6.45) is 1.33. The molecule has 0 bridgehead atoms. The van der Waals surface area contributed by atoms with Crippen LogP contribution in [0, 0.1) is 13.8 Å². The molecule has 150 valence electrons. The summed E-state index contributed by atoms with van der Waals surface area (Å²) in [5, 5.41) is 0. The number of aromatic nitrogens is 2. The number of hydrogen-bond donors (Lipinski definition) is 0. The predicted octanol–water partition coefficient (Wildman–Crippen LogP) is 2.89. The number of carbonyl (C=O) groups is 1. The molecule has 2 aromatic rings. The molecule has 1 amide bonds. The summed E-state index contributed by atoms with van der Waals surface area (Å²) >= 11 is 0. The van der Waals surface area contributed by atoms with E-state index in [0.717, 1.165) is 55.5 Å². The van der Waals surface area contributed by atoms with E-state index >= 15 is 0 Å². The Morgan fingerprint density at radius 2 is 1.75 bits per heavy atom. The second-order valence-electron chi connectivity index (χ2n) is 7.34. The highest BCUT2D eigenvalue weighted by molar-refractivity contribution is 5.76. The Morgan fingerprint density at radius 3 is 2.36 bits per heavy atom. The molecule has 1 aromatic carbocycles. The number of aryl methyl sites for hydroxylation is 2. The summed E-state index contributed by atoms with van der Waals surface area (Å²) in [5.74, 6) is 1.95. The van der Waals surface area contributed by atoms with Gasteiger partial charge in [-0.1, -0.05) is 36.8 Å². The third-order valence-electron chi connectivity index (χ3n) is 5.20. The van der Waals surface area contributed by atoms with Crippen molar-refractivity contribution in [3.05, 3.63) is 52.5 Å². The first-order valence-corrected chi connectivity index (χ1v) is 9.95. The van der Waals surface area contributed by atoms with Gasteiger partial charge in [0.25, 0.3) is 0 Å². The highest BCUT2D eigenvalue weighted by Gasteiger charge is 2.24. The molecular formula is C22H30N4O2. The summed E-state index contributed by atoms with van der Waals surface area (Å²) in [7, 11) is 1.70. The molecule has 0 saturated carbocycles. The predicted molar refractivity (Wildman–Crippen MR) is 111 cm³/mol. The average Bonchev–Trinajstić information content (AvgIpc) is 2.71. The Hall–Kier alpha value is -2.47. The lowest BCUT2D eigenvalue weighted by molar-refractivity contribution is -0.131. The summed E-state index contributed by atoms with van der Waals surface area (Å²) in [4.78, 5) is 25.7. The van der Waals surface area contributed by atoms with Crippen molar-refractivity contribution >= 4 is 11.7 Å². The average molecular weight is 383 g/mol. The molecule has 0 N–H and O–H groups in total. The summed E-state index contributed by atoms with van der Waals surface area (Å²) in [6.45, 7) is 9.45. The standard InChI is InChI=1S/C22H30N4O2/c1-5-21(27)25-10-12-26(13-11-25)22-19(14-18-8-6-16(2)7-9-18)20(15-28-4)23-17(3)24-22/h6-9H,5,10-15H2,1-4H3. The van der Waals surface area contributed by atoms with Crippen molar-refractivity contribution in [2.45, 2.75) is 40.2 Å². The van der Waals surface area contributed by atoms with Crippen LogP contribution in [0.1, 0.15) is 41.6 Å². The van der Waals surface area contributed by atoms with Crippen LogP contribution < -0.4 is 4.90 Å². The minimum Gasteiger partial charge on any atom is -0.378 e. The van der Waals surface area contributed by atoms with Gasteiger partial charge in [-0.15, -0.1) is 0 Å². The number of nitrogens with zero attached hydrogens (tertiary/aromatic N) is 4. The molecule has 0 spiro atoms. The fraction of sp³-hybridized carbons (Fsp3) is 0.500. The number of carbonyl (C=O) groups excluding carboxylic acids is 1. The molecule has 0 atom stereocenters. The molecule has 1 aromatic heterocycles. The van der Waals surface area contributed by atoms with E-state index in [2.05, 4.69) is 41.1 Å². The number of rotatable bonds is 6. The quantitative estimate of drug-likeness (QED) is 0.769. The third-order valence-corrected chi connectivity index (χ3v) is 5.20. The molecule has 6 nitrogen and oxygen atoms in total. The Balaban J connectivity index is 1.91. The van der Waals surface area contributed by atoms with Gasteiger partial charge in [-0.3, -0.25) is 4.79 Å². The fourth-order valence-corrected chi connectivity index (χ4v) is 3.64. The normalized spacial score (nSPS) is 14.4. The molecule has 3 rings (SSSR count). The van der Waals surface area contributed by atoms with Gasteiger partial charge in [-0.05, 0) is 19.4 Å². The number of methoxy groups -OCH3 is 1. The van der Waals surface area contributed by atoms with E-state index in [9.17, 15) is 4.79 Å². The van der Waals surface area contributed by atoms with Crippen molar-refractivity contribution in [1.29, 1.82) is 0 Å². The van der Waals surface area contributed by atoms with E-state index < -0.39 is 0 Å². The molecular weight excluding hydrogens is 352 g/mol. The van der Waals surface area contributed by atoms with E-state index in [1.165, 1.54) is 11.1 Å². The fourth-order valence-electron chi connectivity index (χ4n) is 3.64. The molecule has 28 heavy (non-hydrogen) atoms. The number of ether oxygens (including phenoxy) is 1. The van der Waals surface area contributed by atoms with Gasteiger partial charge < -0.3 is 14.5 Å². The molecule has 1 saturated heterocycles. The SMILES string of the molecule is CCC(=O)N1CCN(c2nc(C)nc(COC)c2Cc2ccc(C)cc2)CC1. The van der Waals surface area contributed by atoms with Crippen LogP contribution >= 0.6 is 0 Å². The zero-order valence-electron chi connectivity index (χ0n) is 17.4. The maximum absolute atomic E-state index is 12.0. The van der Waals surface area contributed by atoms with Crippen LogP contribution in [0.5, 0.6) is 0 Å². The largest absolute Gasteiger partial charge is 0.378 e. The smallest absolute Gasteiger partial charge is 0.222 e. The van der Waals surface area contributed by atoms with Gasteiger partial charge in [0, 0.05) is 51.7 Å². The van der Waals surface area contributed by atoms with Crippen molar-refractivity contribution < 1.29 is 9.53 Å². The minimum atomic E-state index is 0.221. The van der Waals surface area contributed by atoms with Gasteiger partial charge in [0.2, 0.25) is 5.91 Å². The first-order valence-electron chi connectivity index (χ1n) is 9.95. The second-order valence-corrected chi connectivity index (χ2v) is 7.34. The Morgan fingerprint density at radius 1 is 1.07 bits per heavy atom. The monoisotopic (exact) mass is 382 g/mol. The first kappa shape index (κ1) is 20.3. The van der Waals surface area contributed by atoms with Gasteiger partial charge >= 0.3 is 0 Å². The highest BCUT2D eigenvalue weighted by Crippen LogP contribution is 2.26. The van der Waals surface area contributed by atoms with E-state index in [4.69, 9.17) is 9.72 Å². The van der Waals surface area contributed by atoms with Gasteiger partial charge in [0.05, 0.1) is 12.3 Å². The number of anilines is 1. The maximum Gasteiger partial charge on any atom is 0.222 e. The summed E-state index contributed by atoms with van der Waals surface area (Å²) in [5.41, 5.74) is 4.54. The molecule has 1 fully saturated rings. The zero-order chi connectivity index (χ0) is 20.1. The van der Waals surface area contributed by atoms with Gasteiger partial charge in [-0.25, -0.2) is 9.97 Å². The van der Waals surface area contributed by atoms with Crippen LogP contribution in [-0.4, -0.2) is 54.1 Å². The molecule has 0 radical (unpaired) electrons. The second kappa shape index (κ2) is 9.15. The van der Waals surface area contributed by atoms with Crippen LogP contribution in [0.2, 0.25) is 0 Å². The summed E-state index contributed by atoms with van der Waals surface area (Å²) < 4.78 is 5.42. The zero-order valence-corrected chi connectivity index (χ0v) is 17.4. The highest BCUT2D eigenvalue weighted by atomic mass is 16.5. The number of piperazine rings is 1. The van der Waals surface area contributed by atoms with Crippen molar-refractivity contribution in [3.63, 3.8) is 0 Å². The Labute approximate surface area is 167 Å². The van der Waals surface area contributed by atoms with Crippen molar-refractivity contribution in [1.82, 2.24) is 14.9 Å². The lowest BCUT2D eigenvalue weighted by atomic mass is 10.0. The van der Waals surface area contributed by atoms with Crippen LogP contribution in [0.4, 0.5) is 5.82 Å². The molecule has 0 aliphatic carbocycles. The van der Waals surface area contributed by atoms with Crippen molar-refractivity contribution in [3.8, 4) is 0 Å². The lowest BCUT2D eigenvalue weighted by Crippen LogP contribution is -2.49. The van der Waals surface area contributed by atoms with E-state index in [1.54, 1.807) is 7.11 Å². The molecule has 2 heterocycles. The van der Waals surface area contributed by atoms with Gasteiger partial charge in [0.15, 0.2) is 0 Å². The Bertz CT molecular complexity index is 812. The lowest BCUT2D eigenvalue weighted by Gasteiger charge is -2.36. The van der Waals surface area contributed by atoms with Crippen LogP contribution in [-0.2, 0) is 22.6 Å². The Kier molecular flexibility index (Phi) is 6.62. The molecule has 6 heteroatoms. The van der Waals surface area contributed by atoms with Gasteiger partial charge in [0.1, 0.15) is 11.6 Å². The van der Waals surface area contributed by atoms with Crippen LogP contribution in [0.15, 0.2) is 24.3 Å². The van der Waals surface area contributed by atoms with Gasteiger partial charge in [-0.2, -0.15) is 0 Å². The number of benzene rings is 1. The van der Waals surface area contributed by atoms with E-state index in [-0.39, 0.29) is 5.91 Å². The number of amides is 1. The summed E-state index contributed by atoms with van der Waals surface area (Å²) in [6, 6.07) is 8.59. The minimum absolute atomic E-state index is 0.221. The van der Waals surface area contributed by atoms with Crippen LogP contribution in [0.25, 0.3) is 0 Å². The third kappa shape index (κ3) is 4.68. The maximum atomic E-state index is 12.0. The van der Waals surface area contributed by atoms with E-state index in [1.807, 2.05) is 18.7 Å². The number of hydrogen-bond acceptors (Lipinski definition) is 5. The van der Waals surface area contributed by atoms with Crippen molar-refractivity contribution in [2.75, 3.05) is 38.2 Å². The topological polar surface area (TPSA) is 58.6 Å². The molecule has 1 aliphatic heterocycles. The van der Waals surface area contributed by atoms with Crippen molar-refractivity contribution in [2.24, 2.45) is 0 Å². The first-order chi connectivity index (χ1) is 13.5. The molecule has 0 unspecified atom stereocenters. The van der Waals surface area contributed by atoms with E-state index in [0.29, 0.717) is 13.0 Å². The van der Waals surface area contributed by atoms with Crippen LogP contribution in [0.3, 0.4) is 0 Å². The molecule has 1 aliphatic rings.